The van der Waals surface area contributed by atoms with E-state index in [1.54, 1.807) is 0 Å². The van der Waals surface area contributed by atoms with Gasteiger partial charge in [-0.15, -0.1) is 0 Å². The van der Waals surface area contributed by atoms with E-state index in [0.717, 1.165) is 24.9 Å². The third kappa shape index (κ3) is 4.71. The highest BCUT2D eigenvalue weighted by molar-refractivity contribution is 4.92. The molecule has 0 radical (unpaired) electrons. The summed E-state index contributed by atoms with van der Waals surface area (Å²) in [6, 6.07) is 1.47. The van der Waals surface area contributed by atoms with Crippen molar-refractivity contribution < 1.29 is 5.11 Å². The lowest BCUT2D eigenvalue weighted by Gasteiger charge is -2.33. The van der Waals surface area contributed by atoms with E-state index in [2.05, 4.69) is 17.6 Å². The van der Waals surface area contributed by atoms with Crippen molar-refractivity contribution in [1.29, 1.82) is 0 Å². The van der Waals surface area contributed by atoms with Crippen LogP contribution >= 0.6 is 0 Å². The molecule has 3 N–H and O–H groups in total. The molecule has 2 fully saturated rings. The molecule has 118 valence electrons. The zero-order valence-corrected chi connectivity index (χ0v) is 13.2. The van der Waals surface area contributed by atoms with Crippen molar-refractivity contribution in [3.05, 3.63) is 0 Å². The van der Waals surface area contributed by atoms with Gasteiger partial charge < -0.3 is 15.7 Å². The first-order valence-electron chi connectivity index (χ1n) is 8.92. The van der Waals surface area contributed by atoms with Crippen molar-refractivity contribution in [2.45, 2.75) is 76.8 Å². The van der Waals surface area contributed by atoms with Crippen molar-refractivity contribution in [3.8, 4) is 0 Å². The average molecular weight is 282 g/mol. The molecule has 2 aliphatic rings. The van der Waals surface area contributed by atoms with E-state index in [0.29, 0.717) is 18.6 Å². The zero-order chi connectivity index (χ0) is 14.2. The Kier molecular flexibility index (Phi) is 7.32. The summed E-state index contributed by atoms with van der Waals surface area (Å²) in [5, 5.41) is 16.8. The molecule has 1 aliphatic carbocycles. The van der Waals surface area contributed by atoms with Crippen LogP contribution in [-0.4, -0.2) is 36.9 Å². The predicted molar refractivity (Wildman–Crippen MR) is 84.9 cm³/mol. The minimum atomic E-state index is 0.338. The maximum atomic E-state index is 9.17. The van der Waals surface area contributed by atoms with Crippen LogP contribution in [0.2, 0.25) is 0 Å². The van der Waals surface area contributed by atoms with E-state index in [1.807, 2.05) is 0 Å². The molecular weight excluding hydrogens is 248 g/mol. The molecule has 2 rings (SSSR count). The summed E-state index contributed by atoms with van der Waals surface area (Å²) < 4.78 is 0. The fourth-order valence-corrected chi connectivity index (χ4v) is 4.23. The molecule has 20 heavy (non-hydrogen) atoms. The summed E-state index contributed by atoms with van der Waals surface area (Å²) in [6.45, 7) is 4.90. The third-order valence-corrected chi connectivity index (χ3v) is 5.34. The molecule has 1 saturated carbocycles. The molecule has 4 unspecified atom stereocenters. The number of hydrogen-bond donors (Lipinski definition) is 3. The quantitative estimate of drug-likeness (QED) is 0.641. The van der Waals surface area contributed by atoms with E-state index in [1.165, 1.54) is 57.9 Å². The Morgan fingerprint density at radius 2 is 2.05 bits per heavy atom. The van der Waals surface area contributed by atoms with Gasteiger partial charge in [-0.25, -0.2) is 0 Å². The van der Waals surface area contributed by atoms with Gasteiger partial charge in [-0.1, -0.05) is 26.2 Å². The lowest BCUT2D eigenvalue weighted by atomic mass is 9.88. The van der Waals surface area contributed by atoms with Crippen molar-refractivity contribution in [2.75, 3.05) is 19.7 Å². The maximum Gasteiger partial charge on any atom is 0.0434 e. The molecule has 3 nitrogen and oxygen atoms in total. The van der Waals surface area contributed by atoms with E-state index in [-0.39, 0.29) is 0 Å². The van der Waals surface area contributed by atoms with Crippen LogP contribution in [0, 0.1) is 11.8 Å². The lowest BCUT2D eigenvalue weighted by Crippen LogP contribution is -2.47. The minimum absolute atomic E-state index is 0.338. The highest BCUT2D eigenvalue weighted by Gasteiger charge is 2.34. The van der Waals surface area contributed by atoms with Gasteiger partial charge in [-0.2, -0.15) is 0 Å². The number of rotatable bonds is 8. The van der Waals surface area contributed by atoms with Crippen LogP contribution in [-0.2, 0) is 0 Å². The molecule has 1 heterocycles. The van der Waals surface area contributed by atoms with Gasteiger partial charge in [0.1, 0.15) is 0 Å². The largest absolute Gasteiger partial charge is 0.396 e. The van der Waals surface area contributed by atoms with Crippen molar-refractivity contribution in [1.82, 2.24) is 10.6 Å². The Bertz CT molecular complexity index is 247. The third-order valence-electron chi connectivity index (χ3n) is 5.34. The Labute approximate surface area is 124 Å². The smallest absolute Gasteiger partial charge is 0.0434 e. The fourth-order valence-electron chi connectivity index (χ4n) is 4.23. The number of piperidine rings is 1. The van der Waals surface area contributed by atoms with E-state index in [4.69, 9.17) is 0 Å². The second kappa shape index (κ2) is 9.01. The van der Waals surface area contributed by atoms with Crippen LogP contribution in [0.15, 0.2) is 0 Å². The van der Waals surface area contributed by atoms with E-state index >= 15 is 0 Å². The summed E-state index contributed by atoms with van der Waals surface area (Å²) in [5.74, 6) is 1.50. The Morgan fingerprint density at radius 3 is 2.75 bits per heavy atom. The molecule has 0 aromatic carbocycles. The summed E-state index contributed by atoms with van der Waals surface area (Å²) in [5.41, 5.74) is 0. The first kappa shape index (κ1) is 16.3. The fraction of sp³-hybridized carbons (Fsp3) is 1.00. The normalized spacial score (nSPS) is 32.4. The predicted octanol–water partition coefficient (Wildman–Crippen LogP) is 2.69. The number of hydrogen-bond acceptors (Lipinski definition) is 3. The van der Waals surface area contributed by atoms with Gasteiger partial charge in [0, 0.05) is 18.7 Å². The molecule has 0 spiro atoms. The highest BCUT2D eigenvalue weighted by Crippen LogP contribution is 2.32. The van der Waals surface area contributed by atoms with Crippen molar-refractivity contribution in [3.63, 3.8) is 0 Å². The Balaban J connectivity index is 1.77. The maximum absolute atomic E-state index is 9.17. The van der Waals surface area contributed by atoms with Gasteiger partial charge in [0.25, 0.3) is 0 Å². The summed E-state index contributed by atoms with van der Waals surface area (Å²) in [6.07, 6.45) is 11.7. The van der Waals surface area contributed by atoms with Gasteiger partial charge >= 0.3 is 0 Å². The van der Waals surface area contributed by atoms with Crippen LogP contribution < -0.4 is 10.6 Å². The molecule has 1 aliphatic heterocycles. The average Bonchev–Trinajstić information content (AvgIpc) is 2.94. The number of aliphatic hydroxyl groups is 1. The lowest BCUT2D eigenvalue weighted by molar-refractivity contribution is 0.226. The highest BCUT2D eigenvalue weighted by atomic mass is 16.3. The van der Waals surface area contributed by atoms with Crippen LogP contribution in [0.3, 0.4) is 0 Å². The Morgan fingerprint density at radius 1 is 1.15 bits per heavy atom. The molecule has 0 bridgehead atoms. The van der Waals surface area contributed by atoms with Crippen LogP contribution in [0.4, 0.5) is 0 Å². The van der Waals surface area contributed by atoms with Gasteiger partial charge in [0.05, 0.1) is 0 Å². The molecule has 4 atom stereocenters. The number of nitrogens with one attached hydrogen (secondary N) is 2. The van der Waals surface area contributed by atoms with Gasteiger partial charge in [-0.3, -0.25) is 0 Å². The monoisotopic (exact) mass is 282 g/mol. The molecule has 1 saturated heterocycles. The SMILES string of the molecule is CCCC(CCO)CNC1CCCC1C1CCCCN1. The second-order valence-electron chi connectivity index (χ2n) is 6.83. The molecule has 0 aromatic rings. The van der Waals surface area contributed by atoms with E-state index < -0.39 is 0 Å². The Hall–Kier alpha value is -0.120. The topological polar surface area (TPSA) is 44.3 Å². The van der Waals surface area contributed by atoms with E-state index in [9.17, 15) is 5.11 Å². The summed E-state index contributed by atoms with van der Waals surface area (Å²) in [7, 11) is 0. The molecule has 0 amide bonds. The second-order valence-corrected chi connectivity index (χ2v) is 6.83. The van der Waals surface area contributed by atoms with Gasteiger partial charge in [0.15, 0.2) is 0 Å². The standard InChI is InChI=1S/C17H34N2O/c1-2-6-14(10-12-20)13-19-17-9-5-7-15(17)16-8-3-4-11-18-16/h14-20H,2-13H2,1H3. The zero-order valence-electron chi connectivity index (χ0n) is 13.2. The van der Waals surface area contributed by atoms with Gasteiger partial charge in [-0.05, 0) is 63.5 Å². The number of aliphatic hydroxyl groups excluding tert-OH is 1. The first-order valence-corrected chi connectivity index (χ1v) is 8.92. The van der Waals surface area contributed by atoms with Crippen molar-refractivity contribution in [2.24, 2.45) is 11.8 Å². The molecular formula is C17H34N2O. The molecule has 3 heteroatoms. The summed E-state index contributed by atoms with van der Waals surface area (Å²) >= 11 is 0. The van der Waals surface area contributed by atoms with Crippen LogP contribution in [0.25, 0.3) is 0 Å². The first-order chi connectivity index (χ1) is 9.85. The van der Waals surface area contributed by atoms with Crippen molar-refractivity contribution >= 4 is 0 Å². The minimum Gasteiger partial charge on any atom is -0.396 e. The molecule has 0 aromatic heterocycles. The summed E-state index contributed by atoms with van der Waals surface area (Å²) in [4.78, 5) is 0. The van der Waals surface area contributed by atoms with Crippen LogP contribution in [0.5, 0.6) is 0 Å². The van der Waals surface area contributed by atoms with Gasteiger partial charge in [0.2, 0.25) is 0 Å². The van der Waals surface area contributed by atoms with Crippen LogP contribution in [0.1, 0.15) is 64.7 Å².